The number of nitrogens with one attached hydrogen (secondary N) is 2. The van der Waals surface area contributed by atoms with Crippen molar-refractivity contribution in [1.82, 2.24) is 4.72 Å². The van der Waals surface area contributed by atoms with Crippen LogP contribution in [0, 0.1) is 20.8 Å². The van der Waals surface area contributed by atoms with Gasteiger partial charge in [0.1, 0.15) is 10.6 Å². The van der Waals surface area contributed by atoms with Gasteiger partial charge in [-0.05, 0) is 61.7 Å². The van der Waals surface area contributed by atoms with E-state index in [1.807, 2.05) is 20.8 Å². The summed E-state index contributed by atoms with van der Waals surface area (Å²) >= 11 is 5.91. The Morgan fingerprint density at radius 1 is 1.08 bits per heavy atom. The number of benzene rings is 2. The average molecular weight is 397 g/mol. The monoisotopic (exact) mass is 396 g/mol. The Balaban J connectivity index is 2.14. The molecule has 2 aromatic rings. The van der Waals surface area contributed by atoms with Crippen molar-refractivity contribution < 1.29 is 17.9 Å². The summed E-state index contributed by atoms with van der Waals surface area (Å²) in [7, 11) is -2.51. The number of hydrogen-bond acceptors (Lipinski definition) is 4. The Morgan fingerprint density at radius 3 is 2.38 bits per heavy atom. The van der Waals surface area contributed by atoms with Crippen LogP contribution >= 0.6 is 11.6 Å². The third-order valence-electron chi connectivity index (χ3n) is 3.97. The van der Waals surface area contributed by atoms with Gasteiger partial charge in [0.15, 0.2) is 0 Å². The zero-order chi connectivity index (χ0) is 19.5. The van der Waals surface area contributed by atoms with Crippen LogP contribution in [-0.4, -0.2) is 28.0 Å². The van der Waals surface area contributed by atoms with E-state index in [-0.39, 0.29) is 10.6 Å². The number of anilines is 1. The van der Waals surface area contributed by atoms with Crippen LogP contribution < -0.4 is 14.8 Å². The summed E-state index contributed by atoms with van der Waals surface area (Å²) in [5.41, 5.74) is 3.08. The Bertz CT molecular complexity index is 942. The van der Waals surface area contributed by atoms with Crippen LogP contribution in [0.25, 0.3) is 0 Å². The summed E-state index contributed by atoms with van der Waals surface area (Å²) in [5.74, 6) is -0.270. The maximum absolute atomic E-state index is 12.6. The lowest BCUT2D eigenvalue weighted by molar-refractivity contribution is -0.115. The molecule has 2 aromatic carbocycles. The Hall–Kier alpha value is -2.09. The van der Waals surface area contributed by atoms with Crippen LogP contribution in [0.4, 0.5) is 5.69 Å². The smallest absolute Gasteiger partial charge is 0.244 e. The topological polar surface area (TPSA) is 84.5 Å². The van der Waals surface area contributed by atoms with E-state index in [2.05, 4.69) is 10.0 Å². The maximum Gasteiger partial charge on any atom is 0.244 e. The van der Waals surface area contributed by atoms with E-state index in [1.165, 1.54) is 13.2 Å². The number of amides is 1. The number of sulfonamides is 1. The third kappa shape index (κ3) is 4.75. The first-order chi connectivity index (χ1) is 12.1. The number of aryl methyl sites for hydroxylation is 3. The number of hydrogen-bond donors (Lipinski definition) is 2. The predicted molar refractivity (Wildman–Crippen MR) is 102 cm³/mol. The first kappa shape index (κ1) is 20.2. The third-order valence-corrected chi connectivity index (χ3v) is 5.62. The minimum Gasteiger partial charge on any atom is -0.495 e. The molecule has 0 unspecified atom stereocenters. The van der Waals surface area contributed by atoms with Crippen LogP contribution in [0.1, 0.15) is 16.7 Å². The molecular weight excluding hydrogens is 376 g/mol. The fraction of sp³-hybridized carbons (Fsp3) is 0.278. The van der Waals surface area contributed by atoms with E-state index in [9.17, 15) is 13.2 Å². The summed E-state index contributed by atoms with van der Waals surface area (Å²) in [4.78, 5) is 12.1. The summed E-state index contributed by atoms with van der Waals surface area (Å²) < 4.78 is 32.6. The molecule has 0 aliphatic heterocycles. The van der Waals surface area contributed by atoms with Crippen LogP contribution in [-0.2, 0) is 14.8 Å². The molecule has 0 bridgehead atoms. The molecular formula is C18H21ClN2O4S. The highest BCUT2D eigenvalue weighted by Gasteiger charge is 2.21. The SMILES string of the molecule is COc1cc(C)c(C)cc1S(=O)(=O)NCC(=O)Nc1cc(Cl)ccc1C. The van der Waals surface area contributed by atoms with Crippen LogP contribution in [0.2, 0.25) is 5.02 Å². The van der Waals surface area contributed by atoms with Gasteiger partial charge in [-0.1, -0.05) is 17.7 Å². The summed E-state index contributed by atoms with van der Waals surface area (Å²) in [6, 6.07) is 8.26. The van der Waals surface area contributed by atoms with Gasteiger partial charge >= 0.3 is 0 Å². The predicted octanol–water partition coefficient (Wildman–Crippen LogP) is 3.19. The highest BCUT2D eigenvalue weighted by Crippen LogP contribution is 2.27. The van der Waals surface area contributed by atoms with E-state index in [1.54, 1.807) is 24.3 Å². The van der Waals surface area contributed by atoms with Gasteiger partial charge < -0.3 is 10.1 Å². The lowest BCUT2D eigenvalue weighted by atomic mass is 10.1. The van der Waals surface area contributed by atoms with Crippen molar-refractivity contribution in [1.29, 1.82) is 0 Å². The summed E-state index contributed by atoms with van der Waals surface area (Å²) in [6.07, 6.45) is 0. The van der Waals surface area contributed by atoms with Crippen LogP contribution in [0.15, 0.2) is 35.2 Å². The maximum atomic E-state index is 12.6. The van der Waals surface area contributed by atoms with Crippen molar-refractivity contribution in [2.24, 2.45) is 0 Å². The quantitative estimate of drug-likeness (QED) is 0.785. The summed E-state index contributed by atoms with van der Waals surface area (Å²) in [6.45, 7) is 5.07. The number of carbonyl (C=O) groups is 1. The van der Waals surface area contributed by atoms with E-state index in [0.29, 0.717) is 10.7 Å². The molecule has 1 amide bonds. The van der Waals surface area contributed by atoms with Gasteiger partial charge in [-0.2, -0.15) is 0 Å². The zero-order valence-electron chi connectivity index (χ0n) is 15.0. The number of rotatable bonds is 6. The molecule has 0 atom stereocenters. The Kier molecular flexibility index (Phi) is 6.28. The molecule has 2 N–H and O–H groups in total. The molecule has 8 heteroatoms. The van der Waals surface area contributed by atoms with Gasteiger partial charge in [-0.3, -0.25) is 4.79 Å². The van der Waals surface area contributed by atoms with Crippen molar-refractivity contribution >= 4 is 33.2 Å². The average Bonchev–Trinajstić information content (AvgIpc) is 2.58. The molecule has 0 fully saturated rings. The minimum absolute atomic E-state index is 0.00478. The summed E-state index contributed by atoms with van der Waals surface area (Å²) in [5, 5.41) is 3.12. The van der Waals surface area contributed by atoms with E-state index in [0.717, 1.165) is 16.7 Å². The molecule has 0 spiro atoms. The molecule has 0 aliphatic carbocycles. The molecule has 0 aliphatic rings. The fourth-order valence-electron chi connectivity index (χ4n) is 2.29. The molecule has 0 saturated heterocycles. The molecule has 6 nitrogen and oxygen atoms in total. The lowest BCUT2D eigenvalue weighted by Crippen LogP contribution is -2.33. The Morgan fingerprint density at radius 2 is 1.73 bits per heavy atom. The van der Waals surface area contributed by atoms with Gasteiger partial charge in [-0.15, -0.1) is 0 Å². The number of halogens is 1. The number of carbonyl (C=O) groups excluding carboxylic acids is 1. The van der Waals surface area contributed by atoms with E-state index >= 15 is 0 Å². The highest BCUT2D eigenvalue weighted by molar-refractivity contribution is 7.89. The largest absolute Gasteiger partial charge is 0.495 e. The number of ether oxygens (including phenoxy) is 1. The van der Waals surface area contributed by atoms with Crippen LogP contribution in [0.5, 0.6) is 5.75 Å². The van der Waals surface area contributed by atoms with Gasteiger partial charge in [0.05, 0.1) is 13.7 Å². The van der Waals surface area contributed by atoms with Gasteiger partial charge in [0.2, 0.25) is 15.9 Å². The normalized spacial score (nSPS) is 11.3. The lowest BCUT2D eigenvalue weighted by Gasteiger charge is -2.13. The number of methoxy groups -OCH3 is 1. The fourth-order valence-corrected chi connectivity index (χ4v) is 3.68. The van der Waals surface area contributed by atoms with Crippen LogP contribution in [0.3, 0.4) is 0 Å². The molecule has 0 saturated carbocycles. The second-order valence-electron chi connectivity index (χ2n) is 5.92. The molecule has 140 valence electrons. The zero-order valence-corrected chi connectivity index (χ0v) is 16.6. The molecule has 0 heterocycles. The van der Waals surface area contributed by atoms with Crippen molar-refractivity contribution in [3.8, 4) is 5.75 Å². The molecule has 0 radical (unpaired) electrons. The standard InChI is InChI=1S/C18H21ClN2O4S/c1-11-5-6-14(19)9-15(11)21-18(22)10-20-26(23,24)17-8-13(3)12(2)7-16(17)25-4/h5-9,20H,10H2,1-4H3,(H,21,22). The molecule has 26 heavy (non-hydrogen) atoms. The first-order valence-corrected chi connectivity index (χ1v) is 9.71. The minimum atomic E-state index is -3.91. The first-order valence-electron chi connectivity index (χ1n) is 7.85. The van der Waals surface area contributed by atoms with Crippen molar-refractivity contribution in [2.75, 3.05) is 19.0 Å². The van der Waals surface area contributed by atoms with Crippen molar-refractivity contribution in [3.63, 3.8) is 0 Å². The van der Waals surface area contributed by atoms with Crippen molar-refractivity contribution in [2.45, 2.75) is 25.7 Å². The van der Waals surface area contributed by atoms with Crippen molar-refractivity contribution in [3.05, 3.63) is 52.0 Å². The van der Waals surface area contributed by atoms with E-state index < -0.39 is 22.5 Å². The molecule has 0 aromatic heterocycles. The van der Waals surface area contributed by atoms with Gasteiger partial charge in [0, 0.05) is 10.7 Å². The van der Waals surface area contributed by atoms with Gasteiger partial charge in [-0.25, -0.2) is 13.1 Å². The highest BCUT2D eigenvalue weighted by atomic mass is 35.5. The van der Waals surface area contributed by atoms with Gasteiger partial charge in [0.25, 0.3) is 0 Å². The second-order valence-corrected chi connectivity index (χ2v) is 8.09. The Labute approximate surface area is 158 Å². The second kappa shape index (κ2) is 8.07. The molecule has 2 rings (SSSR count). The van der Waals surface area contributed by atoms with E-state index in [4.69, 9.17) is 16.3 Å².